The van der Waals surface area contributed by atoms with Crippen LogP contribution in [0.3, 0.4) is 0 Å². The van der Waals surface area contributed by atoms with Crippen LogP contribution in [0.4, 0.5) is 5.82 Å². The van der Waals surface area contributed by atoms with Crippen molar-refractivity contribution in [3.63, 3.8) is 0 Å². The quantitative estimate of drug-likeness (QED) is 0.433. The number of fused-ring (bicyclic) bond motifs is 2. The number of anilines is 1. The Morgan fingerprint density at radius 1 is 1.17 bits per heavy atom. The number of esters is 1. The summed E-state index contributed by atoms with van der Waals surface area (Å²) in [5, 5.41) is 3.82. The van der Waals surface area contributed by atoms with Crippen LogP contribution in [0.1, 0.15) is 24.0 Å². The standard InChI is InChI=1S/C21H20N4O5/c1-11-15(20(27)30-9-8-29-2)16(17-18(23-11)24-21(28)25-19(17)26)13-5-6-14-12(10-13)4-3-7-22-14/h3-7,10,16H,8-9H2,1-2H3,(H3,23,24,25,26,28)/t16-/m1/s1. The number of methoxy groups -OCH3 is 1. The molecule has 0 bridgehead atoms. The lowest BCUT2D eigenvalue weighted by molar-refractivity contribution is -0.140. The summed E-state index contributed by atoms with van der Waals surface area (Å²) in [6, 6.07) is 9.24. The van der Waals surface area contributed by atoms with E-state index in [2.05, 4.69) is 20.3 Å². The molecule has 4 rings (SSSR count). The van der Waals surface area contributed by atoms with Gasteiger partial charge in [0.1, 0.15) is 12.4 Å². The van der Waals surface area contributed by atoms with Crippen LogP contribution in [0.5, 0.6) is 0 Å². The first kappa shape index (κ1) is 19.6. The molecular weight excluding hydrogens is 388 g/mol. The van der Waals surface area contributed by atoms with Crippen molar-refractivity contribution in [3.8, 4) is 0 Å². The average molecular weight is 408 g/mol. The first-order valence-electron chi connectivity index (χ1n) is 9.34. The smallest absolute Gasteiger partial charge is 0.336 e. The molecule has 9 nitrogen and oxygen atoms in total. The third-order valence-electron chi connectivity index (χ3n) is 4.97. The topological polar surface area (TPSA) is 126 Å². The summed E-state index contributed by atoms with van der Waals surface area (Å²) in [6.45, 7) is 2.03. The van der Waals surface area contributed by atoms with Crippen molar-refractivity contribution in [1.29, 1.82) is 0 Å². The zero-order valence-electron chi connectivity index (χ0n) is 16.4. The Balaban J connectivity index is 1.90. The number of pyridine rings is 1. The number of hydrogen-bond acceptors (Lipinski definition) is 7. The van der Waals surface area contributed by atoms with E-state index in [0.717, 1.165) is 10.9 Å². The molecule has 0 amide bonds. The van der Waals surface area contributed by atoms with Gasteiger partial charge >= 0.3 is 11.7 Å². The van der Waals surface area contributed by atoms with Gasteiger partial charge in [-0.2, -0.15) is 0 Å². The fourth-order valence-corrected chi connectivity index (χ4v) is 3.66. The highest BCUT2D eigenvalue weighted by Crippen LogP contribution is 2.39. The predicted molar refractivity (Wildman–Crippen MR) is 110 cm³/mol. The molecule has 3 N–H and O–H groups in total. The molecule has 1 atom stereocenters. The van der Waals surface area contributed by atoms with E-state index < -0.39 is 23.1 Å². The second-order valence-electron chi connectivity index (χ2n) is 6.88. The monoisotopic (exact) mass is 408 g/mol. The summed E-state index contributed by atoms with van der Waals surface area (Å²) in [4.78, 5) is 46.7. The van der Waals surface area contributed by atoms with E-state index >= 15 is 0 Å². The molecule has 0 saturated heterocycles. The summed E-state index contributed by atoms with van der Waals surface area (Å²) in [5.74, 6) is -1.04. The second kappa shape index (κ2) is 7.96. The minimum atomic E-state index is -0.735. The maximum Gasteiger partial charge on any atom is 0.336 e. The molecule has 0 spiro atoms. The Hall–Kier alpha value is -3.72. The van der Waals surface area contributed by atoms with Gasteiger partial charge in [-0.05, 0) is 30.7 Å². The van der Waals surface area contributed by atoms with Gasteiger partial charge in [-0.1, -0.05) is 12.1 Å². The Bertz CT molecular complexity index is 1270. The van der Waals surface area contributed by atoms with Gasteiger partial charge in [-0.3, -0.25) is 19.7 Å². The summed E-state index contributed by atoms with van der Waals surface area (Å²) >= 11 is 0. The second-order valence-corrected chi connectivity index (χ2v) is 6.88. The summed E-state index contributed by atoms with van der Waals surface area (Å²) in [5.41, 5.74) is 1.30. The van der Waals surface area contributed by atoms with Crippen LogP contribution in [-0.2, 0) is 14.3 Å². The van der Waals surface area contributed by atoms with E-state index in [9.17, 15) is 14.4 Å². The zero-order chi connectivity index (χ0) is 21.3. The lowest BCUT2D eigenvalue weighted by atomic mass is 9.82. The SMILES string of the molecule is COCCOC(=O)C1=C(C)Nc2[nH]c(=O)[nH]c(=O)c2[C@@H]1c1ccc2ncccc2c1. The fourth-order valence-electron chi connectivity index (χ4n) is 3.66. The highest BCUT2D eigenvalue weighted by atomic mass is 16.6. The van der Waals surface area contributed by atoms with Gasteiger partial charge in [0.15, 0.2) is 0 Å². The van der Waals surface area contributed by atoms with Gasteiger partial charge in [-0.25, -0.2) is 9.59 Å². The molecule has 0 saturated carbocycles. The molecule has 0 unspecified atom stereocenters. The Kier molecular flexibility index (Phi) is 5.20. The van der Waals surface area contributed by atoms with Gasteiger partial charge in [0.25, 0.3) is 5.56 Å². The third kappa shape index (κ3) is 3.50. The Labute approximate surface area is 170 Å². The molecule has 9 heteroatoms. The van der Waals surface area contributed by atoms with Gasteiger partial charge in [-0.15, -0.1) is 0 Å². The van der Waals surface area contributed by atoms with Crippen LogP contribution in [0.25, 0.3) is 10.9 Å². The number of nitrogens with one attached hydrogen (secondary N) is 3. The normalized spacial score (nSPS) is 15.6. The van der Waals surface area contributed by atoms with Crippen molar-refractivity contribution < 1.29 is 14.3 Å². The molecule has 30 heavy (non-hydrogen) atoms. The van der Waals surface area contributed by atoms with Crippen molar-refractivity contribution in [2.45, 2.75) is 12.8 Å². The molecule has 3 heterocycles. The van der Waals surface area contributed by atoms with Crippen molar-refractivity contribution in [3.05, 3.63) is 79.8 Å². The van der Waals surface area contributed by atoms with E-state index in [0.29, 0.717) is 16.8 Å². The molecular formula is C21H20N4O5. The van der Waals surface area contributed by atoms with E-state index in [1.807, 2.05) is 30.3 Å². The van der Waals surface area contributed by atoms with Crippen LogP contribution in [-0.4, -0.2) is 41.2 Å². The molecule has 1 aromatic carbocycles. The molecule has 0 aliphatic carbocycles. The number of aromatic amines is 2. The number of benzene rings is 1. The molecule has 2 aromatic heterocycles. The summed E-state index contributed by atoms with van der Waals surface area (Å²) in [6.07, 6.45) is 1.69. The Morgan fingerprint density at radius 2 is 2.00 bits per heavy atom. The lowest BCUT2D eigenvalue weighted by Crippen LogP contribution is -2.35. The van der Waals surface area contributed by atoms with Gasteiger partial charge in [0, 0.05) is 24.4 Å². The minimum absolute atomic E-state index is 0.0787. The highest BCUT2D eigenvalue weighted by Gasteiger charge is 2.36. The van der Waals surface area contributed by atoms with Crippen molar-refractivity contribution in [2.24, 2.45) is 0 Å². The van der Waals surface area contributed by atoms with Crippen molar-refractivity contribution >= 4 is 22.7 Å². The zero-order valence-corrected chi connectivity index (χ0v) is 16.4. The van der Waals surface area contributed by atoms with E-state index in [1.165, 1.54) is 7.11 Å². The number of carbonyl (C=O) groups excluding carboxylic acids is 1. The van der Waals surface area contributed by atoms with Gasteiger partial charge in [0.05, 0.1) is 29.2 Å². The number of hydrogen-bond donors (Lipinski definition) is 3. The van der Waals surface area contributed by atoms with E-state index in [1.54, 1.807) is 13.1 Å². The molecule has 3 aromatic rings. The van der Waals surface area contributed by atoms with Crippen molar-refractivity contribution in [2.75, 3.05) is 25.6 Å². The summed E-state index contributed by atoms with van der Waals surface area (Å²) in [7, 11) is 1.51. The number of allylic oxidation sites excluding steroid dienone is 1. The number of aromatic nitrogens is 3. The number of H-pyrrole nitrogens is 2. The van der Waals surface area contributed by atoms with Gasteiger partial charge < -0.3 is 14.8 Å². The molecule has 1 aliphatic heterocycles. The molecule has 0 fully saturated rings. The van der Waals surface area contributed by atoms with Crippen LogP contribution >= 0.6 is 0 Å². The molecule has 0 radical (unpaired) electrons. The first-order chi connectivity index (χ1) is 14.5. The number of nitrogens with zero attached hydrogens (tertiary/aromatic N) is 1. The molecule has 1 aliphatic rings. The maximum atomic E-state index is 12.9. The van der Waals surface area contributed by atoms with Crippen LogP contribution in [0.2, 0.25) is 0 Å². The number of ether oxygens (including phenoxy) is 2. The largest absolute Gasteiger partial charge is 0.460 e. The van der Waals surface area contributed by atoms with E-state index in [-0.39, 0.29) is 24.6 Å². The third-order valence-corrected chi connectivity index (χ3v) is 4.97. The first-order valence-corrected chi connectivity index (χ1v) is 9.34. The van der Waals surface area contributed by atoms with Crippen molar-refractivity contribution in [1.82, 2.24) is 15.0 Å². The fraction of sp³-hybridized carbons (Fsp3) is 0.238. The number of carbonyl (C=O) groups is 1. The minimum Gasteiger partial charge on any atom is -0.460 e. The predicted octanol–water partition coefficient (Wildman–Crippen LogP) is 1.63. The van der Waals surface area contributed by atoms with Crippen LogP contribution < -0.4 is 16.6 Å². The van der Waals surface area contributed by atoms with Crippen LogP contribution in [0, 0.1) is 0 Å². The number of rotatable bonds is 5. The summed E-state index contributed by atoms with van der Waals surface area (Å²) < 4.78 is 10.3. The average Bonchev–Trinajstić information content (AvgIpc) is 2.72. The lowest BCUT2D eigenvalue weighted by Gasteiger charge is -2.28. The van der Waals surface area contributed by atoms with Gasteiger partial charge in [0.2, 0.25) is 0 Å². The van der Waals surface area contributed by atoms with Crippen LogP contribution in [0.15, 0.2) is 57.4 Å². The molecule has 154 valence electrons. The Morgan fingerprint density at radius 3 is 2.80 bits per heavy atom. The van der Waals surface area contributed by atoms with E-state index in [4.69, 9.17) is 9.47 Å². The highest BCUT2D eigenvalue weighted by molar-refractivity contribution is 5.94. The maximum absolute atomic E-state index is 12.9.